The molecule has 1 aromatic rings. The zero-order chi connectivity index (χ0) is 19.3. The summed E-state index contributed by atoms with van der Waals surface area (Å²) in [5.41, 5.74) is -0.0377. The molecule has 1 heterocycles. The number of benzene rings is 1. The lowest BCUT2D eigenvalue weighted by Gasteiger charge is -2.36. The van der Waals surface area contributed by atoms with Crippen molar-refractivity contribution in [3.8, 4) is 18.2 Å². The third kappa shape index (κ3) is 4.11. The van der Waals surface area contributed by atoms with Gasteiger partial charge in [0.1, 0.15) is 29.7 Å². The molecule has 132 valence electrons. The third-order valence-corrected chi connectivity index (χ3v) is 4.60. The summed E-state index contributed by atoms with van der Waals surface area (Å²) in [5.74, 6) is -0.521. The van der Waals surface area contributed by atoms with Gasteiger partial charge in [0.2, 0.25) is 5.91 Å². The van der Waals surface area contributed by atoms with Crippen LogP contribution in [0.2, 0.25) is 0 Å². The van der Waals surface area contributed by atoms with Gasteiger partial charge in [-0.1, -0.05) is 0 Å². The SMILES string of the molecule is CC(=O)N1CCN(c2cc(Br)c(NC(C#N)=C(C#N)C#N)cc2F)CC1. The van der Waals surface area contributed by atoms with Gasteiger partial charge in [-0.05, 0) is 22.0 Å². The fraction of sp³-hybridized carbons (Fsp3) is 0.294. The van der Waals surface area contributed by atoms with Gasteiger partial charge in [-0.2, -0.15) is 15.8 Å². The number of hydrogen-bond acceptors (Lipinski definition) is 6. The highest BCUT2D eigenvalue weighted by Gasteiger charge is 2.22. The number of allylic oxidation sites excluding steroid dienone is 2. The van der Waals surface area contributed by atoms with Crippen molar-refractivity contribution in [3.05, 3.63) is 33.7 Å². The minimum absolute atomic E-state index is 0.00698. The van der Waals surface area contributed by atoms with E-state index in [2.05, 4.69) is 21.2 Å². The summed E-state index contributed by atoms with van der Waals surface area (Å²) in [5, 5.41) is 29.4. The summed E-state index contributed by atoms with van der Waals surface area (Å²) in [6.07, 6.45) is 0. The molecule has 9 heteroatoms. The summed E-state index contributed by atoms with van der Waals surface area (Å²) >= 11 is 3.32. The van der Waals surface area contributed by atoms with E-state index in [4.69, 9.17) is 15.8 Å². The lowest BCUT2D eigenvalue weighted by molar-refractivity contribution is -0.129. The predicted molar refractivity (Wildman–Crippen MR) is 96.1 cm³/mol. The molecule has 0 aliphatic carbocycles. The number of piperazine rings is 1. The van der Waals surface area contributed by atoms with Crippen LogP contribution in [0.5, 0.6) is 0 Å². The molecule has 0 radical (unpaired) electrons. The number of carbonyl (C=O) groups excluding carboxylic acids is 1. The molecule has 26 heavy (non-hydrogen) atoms. The molecule has 0 unspecified atom stereocenters. The van der Waals surface area contributed by atoms with Gasteiger partial charge in [0.05, 0.1) is 11.4 Å². The van der Waals surface area contributed by atoms with E-state index < -0.39 is 5.82 Å². The standard InChI is InChI=1S/C17H14BrFN6O/c1-11(26)24-2-4-25(5-3-24)17-6-13(18)15(7-14(17)19)23-16(10-22)12(8-20)9-21/h6-7,23H,2-5H2,1H3. The molecule has 7 nitrogen and oxygen atoms in total. The average molecular weight is 417 g/mol. The first-order chi connectivity index (χ1) is 12.4. The van der Waals surface area contributed by atoms with Gasteiger partial charge in [-0.3, -0.25) is 4.79 Å². The molecule has 1 saturated heterocycles. The molecule has 1 aliphatic rings. The van der Waals surface area contributed by atoms with Crippen molar-refractivity contribution in [2.24, 2.45) is 0 Å². The maximum atomic E-state index is 14.6. The van der Waals surface area contributed by atoms with E-state index in [-0.39, 0.29) is 22.9 Å². The monoisotopic (exact) mass is 416 g/mol. The zero-order valence-electron chi connectivity index (χ0n) is 13.9. The molecule has 1 N–H and O–H groups in total. The molecule has 0 saturated carbocycles. The smallest absolute Gasteiger partial charge is 0.219 e. The van der Waals surface area contributed by atoms with E-state index in [9.17, 15) is 9.18 Å². The second-order valence-electron chi connectivity index (χ2n) is 5.49. The van der Waals surface area contributed by atoms with Crippen LogP contribution in [0.4, 0.5) is 15.8 Å². The quantitative estimate of drug-likeness (QED) is 0.758. The number of carbonyl (C=O) groups is 1. The van der Waals surface area contributed by atoms with Gasteiger partial charge in [-0.25, -0.2) is 4.39 Å². The number of halogens is 2. The van der Waals surface area contributed by atoms with Crippen molar-refractivity contribution >= 4 is 33.2 Å². The normalized spacial score (nSPS) is 13.2. The summed E-state index contributed by atoms with van der Waals surface area (Å²) in [4.78, 5) is 14.9. The van der Waals surface area contributed by atoms with Crippen molar-refractivity contribution in [1.29, 1.82) is 15.8 Å². The van der Waals surface area contributed by atoms with Crippen LogP contribution < -0.4 is 10.2 Å². The third-order valence-electron chi connectivity index (χ3n) is 3.95. The van der Waals surface area contributed by atoms with Crippen molar-refractivity contribution < 1.29 is 9.18 Å². The highest BCUT2D eigenvalue weighted by molar-refractivity contribution is 9.10. The maximum Gasteiger partial charge on any atom is 0.219 e. The van der Waals surface area contributed by atoms with Crippen LogP contribution in [-0.4, -0.2) is 37.0 Å². The molecule has 1 aliphatic heterocycles. The molecular weight excluding hydrogens is 403 g/mol. The van der Waals surface area contributed by atoms with Crippen LogP contribution in [0.1, 0.15) is 6.92 Å². The highest BCUT2D eigenvalue weighted by atomic mass is 79.9. The van der Waals surface area contributed by atoms with Crippen LogP contribution in [-0.2, 0) is 4.79 Å². The Kier molecular flexibility index (Phi) is 6.16. The molecule has 0 spiro atoms. The first kappa shape index (κ1) is 19.2. The molecule has 2 rings (SSSR count). The van der Waals surface area contributed by atoms with Crippen molar-refractivity contribution in [3.63, 3.8) is 0 Å². The number of anilines is 2. The molecule has 1 amide bonds. The fourth-order valence-electron chi connectivity index (χ4n) is 2.55. The summed E-state index contributed by atoms with van der Waals surface area (Å²) < 4.78 is 15.1. The largest absolute Gasteiger partial charge is 0.366 e. The van der Waals surface area contributed by atoms with Gasteiger partial charge in [-0.15, -0.1) is 0 Å². The van der Waals surface area contributed by atoms with E-state index in [1.165, 1.54) is 13.0 Å². The number of amides is 1. The van der Waals surface area contributed by atoms with Gasteiger partial charge in [0.15, 0.2) is 5.57 Å². The Labute approximate surface area is 158 Å². The van der Waals surface area contributed by atoms with Crippen molar-refractivity contribution in [2.45, 2.75) is 6.92 Å². The maximum absolute atomic E-state index is 14.6. The minimum Gasteiger partial charge on any atom is -0.366 e. The molecule has 0 bridgehead atoms. The molecule has 0 aromatic heterocycles. The highest BCUT2D eigenvalue weighted by Crippen LogP contribution is 2.32. The Hall–Kier alpha value is -3.09. The number of nitrogens with one attached hydrogen (secondary N) is 1. The van der Waals surface area contributed by atoms with Gasteiger partial charge in [0, 0.05) is 43.6 Å². The Balaban J connectivity index is 2.26. The number of hydrogen-bond donors (Lipinski definition) is 1. The number of nitriles is 3. The lowest BCUT2D eigenvalue weighted by Crippen LogP contribution is -2.48. The fourth-order valence-corrected chi connectivity index (χ4v) is 2.98. The Morgan fingerprint density at radius 2 is 1.77 bits per heavy atom. The average Bonchev–Trinajstić information content (AvgIpc) is 2.64. The van der Waals surface area contributed by atoms with Crippen molar-refractivity contribution in [2.75, 3.05) is 36.4 Å². The van der Waals surface area contributed by atoms with E-state index >= 15 is 0 Å². The molecular formula is C17H14BrFN6O. The Morgan fingerprint density at radius 3 is 2.27 bits per heavy atom. The summed E-state index contributed by atoms with van der Waals surface area (Å²) in [6, 6.07) is 7.72. The van der Waals surface area contributed by atoms with Crippen LogP contribution in [0, 0.1) is 39.8 Å². The molecule has 1 aromatic carbocycles. The van der Waals surface area contributed by atoms with Crippen LogP contribution in [0.25, 0.3) is 0 Å². The minimum atomic E-state index is -0.514. The topological polar surface area (TPSA) is 107 Å². The van der Waals surface area contributed by atoms with Crippen LogP contribution in [0.3, 0.4) is 0 Å². The molecule has 0 atom stereocenters. The Morgan fingerprint density at radius 1 is 1.15 bits per heavy atom. The lowest BCUT2D eigenvalue weighted by atomic mass is 10.2. The Bertz CT molecular complexity index is 868. The second kappa shape index (κ2) is 8.33. The van der Waals surface area contributed by atoms with Gasteiger partial charge < -0.3 is 15.1 Å². The zero-order valence-corrected chi connectivity index (χ0v) is 15.5. The summed E-state index contributed by atoms with van der Waals surface area (Å²) in [7, 11) is 0. The van der Waals surface area contributed by atoms with E-state index in [1.807, 2.05) is 4.90 Å². The predicted octanol–water partition coefficient (Wildman–Crippen LogP) is 2.49. The first-order valence-corrected chi connectivity index (χ1v) is 8.41. The van der Waals surface area contributed by atoms with Crippen LogP contribution in [0.15, 0.2) is 27.9 Å². The number of nitrogens with zero attached hydrogens (tertiary/aromatic N) is 5. The summed E-state index contributed by atoms with van der Waals surface area (Å²) in [6.45, 7) is 3.55. The molecule has 1 fully saturated rings. The van der Waals surface area contributed by atoms with Crippen LogP contribution >= 0.6 is 15.9 Å². The second-order valence-corrected chi connectivity index (χ2v) is 6.34. The van der Waals surface area contributed by atoms with Crippen molar-refractivity contribution in [1.82, 2.24) is 4.90 Å². The number of rotatable bonds is 3. The van der Waals surface area contributed by atoms with E-state index in [0.717, 1.165) is 0 Å². The van der Waals surface area contributed by atoms with E-state index in [1.54, 1.807) is 29.2 Å². The van der Waals surface area contributed by atoms with E-state index in [0.29, 0.717) is 36.3 Å². The first-order valence-electron chi connectivity index (χ1n) is 7.62. The van der Waals surface area contributed by atoms with Gasteiger partial charge in [0.25, 0.3) is 0 Å². The van der Waals surface area contributed by atoms with Gasteiger partial charge >= 0.3 is 0 Å².